The molecule has 0 saturated carbocycles. The van der Waals surface area contributed by atoms with Gasteiger partial charge in [-0.1, -0.05) is 73.7 Å². The van der Waals surface area contributed by atoms with E-state index in [-0.39, 0.29) is 11.7 Å². The van der Waals surface area contributed by atoms with Crippen molar-refractivity contribution in [2.24, 2.45) is 0 Å². The first-order valence-electron chi connectivity index (χ1n) is 12.0. The van der Waals surface area contributed by atoms with Crippen molar-refractivity contribution in [1.29, 1.82) is 0 Å². The number of phenols is 1. The number of benzene rings is 4. The zero-order chi connectivity index (χ0) is 24.5. The van der Waals surface area contributed by atoms with E-state index in [1.54, 1.807) is 18.3 Å². The van der Waals surface area contributed by atoms with E-state index in [0.29, 0.717) is 17.0 Å². The first-order chi connectivity index (χ1) is 17.7. The highest BCUT2D eigenvalue weighted by molar-refractivity contribution is 5.94. The molecule has 0 aliphatic rings. The van der Waals surface area contributed by atoms with E-state index in [1.165, 1.54) is 5.56 Å². The molecule has 0 fully saturated rings. The summed E-state index contributed by atoms with van der Waals surface area (Å²) in [4.78, 5) is 9.38. The predicted molar refractivity (Wildman–Crippen MR) is 144 cm³/mol. The van der Waals surface area contributed by atoms with Crippen molar-refractivity contribution < 1.29 is 9.52 Å². The summed E-state index contributed by atoms with van der Waals surface area (Å²) in [6.45, 7) is 2.20. The molecule has 0 spiro atoms. The summed E-state index contributed by atoms with van der Waals surface area (Å²) in [5, 5.41) is 10.4. The van der Waals surface area contributed by atoms with Crippen LogP contribution in [0.2, 0.25) is 0 Å². The lowest BCUT2D eigenvalue weighted by molar-refractivity contribution is 0.474. The van der Waals surface area contributed by atoms with Crippen LogP contribution in [0.25, 0.3) is 44.9 Å². The molecule has 36 heavy (non-hydrogen) atoms. The molecule has 0 saturated heterocycles. The molecule has 4 nitrogen and oxygen atoms in total. The Morgan fingerprint density at radius 3 is 2.28 bits per heavy atom. The average Bonchev–Trinajstić information content (AvgIpc) is 3.37. The second-order valence-electron chi connectivity index (χ2n) is 8.88. The Morgan fingerprint density at radius 2 is 1.47 bits per heavy atom. The first kappa shape index (κ1) is 21.8. The predicted octanol–water partition coefficient (Wildman–Crippen LogP) is 8.08. The quantitative estimate of drug-likeness (QED) is 0.278. The van der Waals surface area contributed by atoms with Crippen molar-refractivity contribution >= 4 is 11.1 Å². The molecule has 6 aromatic rings. The molecule has 174 valence electrons. The number of phenolic OH excluding ortho intramolecular Hbond substituents is 1. The summed E-state index contributed by atoms with van der Waals surface area (Å²) in [6, 6.07) is 36.1. The lowest BCUT2D eigenvalue weighted by Crippen LogP contribution is -1.97. The fourth-order valence-electron chi connectivity index (χ4n) is 4.60. The molecule has 0 amide bonds. The average molecular weight is 469 g/mol. The molecule has 0 radical (unpaired) electrons. The van der Waals surface area contributed by atoms with Gasteiger partial charge in [-0.2, -0.15) is 0 Å². The molecule has 1 unspecified atom stereocenters. The Morgan fingerprint density at radius 1 is 0.694 bits per heavy atom. The molecule has 4 aromatic carbocycles. The maximum Gasteiger partial charge on any atom is 0.231 e. The number of aromatic nitrogens is 2. The van der Waals surface area contributed by atoms with Crippen LogP contribution in [0.3, 0.4) is 0 Å². The SMILES string of the molecule is CC(c1ccccc1)c1cc(-c2cccc(-c3ccccn3)c2)c2nc(-c3ccccc3O)oc2c1. The maximum absolute atomic E-state index is 10.4. The third-order valence-electron chi connectivity index (χ3n) is 6.59. The van der Waals surface area contributed by atoms with Crippen molar-refractivity contribution in [2.75, 3.05) is 0 Å². The molecule has 1 N–H and O–H groups in total. The topological polar surface area (TPSA) is 59.2 Å². The van der Waals surface area contributed by atoms with Gasteiger partial charge in [0.2, 0.25) is 5.89 Å². The molecular weight excluding hydrogens is 444 g/mol. The van der Waals surface area contributed by atoms with Gasteiger partial charge >= 0.3 is 0 Å². The van der Waals surface area contributed by atoms with Gasteiger partial charge in [-0.25, -0.2) is 4.98 Å². The van der Waals surface area contributed by atoms with E-state index >= 15 is 0 Å². The largest absolute Gasteiger partial charge is 0.507 e. The van der Waals surface area contributed by atoms with Crippen LogP contribution < -0.4 is 0 Å². The molecule has 6 rings (SSSR count). The molecule has 1 atom stereocenters. The third kappa shape index (κ3) is 4.03. The van der Waals surface area contributed by atoms with Gasteiger partial charge in [-0.05, 0) is 59.2 Å². The minimum atomic E-state index is 0.139. The molecule has 0 aliphatic carbocycles. The fourth-order valence-corrected chi connectivity index (χ4v) is 4.60. The van der Waals surface area contributed by atoms with E-state index in [4.69, 9.17) is 9.40 Å². The number of pyridine rings is 1. The van der Waals surface area contributed by atoms with E-state index < -0.39 is 0 Å². The number of hydrogen-bond acceptors (Lipinski definition) is 4. The molecular formula is C32H24N2O2. The summed E-state index contributed by atoms with van der Waals surface area (Å²) in [7, 11) is 0. The second kappa shape index (κ2) is 9.16. The standard InChI is InChI=1S/C32H24N2O2/c1-21(22-10-3-2-4-11-22)25-19-27(23-12-9-13-24(18-23)28-15-7-8-17-33-28)31-30(20-25)36-32(34-31)26-14-5-6-16-29(26)35/h2-21,35H,1H3. The van der Waals surface area contributed by atoms with Gasteiger partial charge in [0, 0.05) is 23.2 Å². The number of para-hydroxylation sites is 1. The van der Waals surface area contributed by atoms with Crippen LogP contribution in [0.5, 0.6) is 5.75 Å². The summed E-state index contributed by atoms with van der Waals surface area (Å²) >= 11 is 0. The van der Waals surface area contributed by atoms with Gasteiger partial charge in [-0.15, -0.1) is 0 Å². The smallest absolute Gasteiger partial charge is 0.231 e. The van der Waals surface area contributed by atoms with Gasteiger partial charge < -0.3 is 9.52 Å². The molecule has 4 heteroatoms. The van der Waals surface area contributed by atoms with Crippen molar-refractivity contribution in [1.82, 2.24) is 9.97 Å². The maximum atomic E-state index is 10.4. The van der Waals surface area contributed by atoms with Crippen molar-refractivity contribution in [3.05, 3.63) is 127 Å². The Hall–Kier alpha value is -4.70. The molecule has 2 heterocycles. The van der Waals surface area contributed by atoms with Crippen LogP contribution in [0, 0.1) is 0 Å². The lowest BCUT2D eigenvalue weighted by Gasteiger charge is -2.14. The van der Waals surface area contributed by atoms with Crippen molar-refractivity contribution in [3.8, 4) is 39.6 Å². The Labute approximate surface area is 209 Å². The number of oxazole rings is 1. The number of nitrogens with zero attached hydrogens (tertiary/aromatic N) is 2. The van der Waals surface area contributed by atoms with Gasteiger partial charge in [0.05, 0.1) is 11.3 Å². The molecule has 0 aliphatic heterocycles. The van der Waals surface area contributed by atoms with E-state index in [2.05, 4.69) is 66.5 Å². The van der Waals surface area contributed by atoms with Crippen LogP contribution in [-0.2, 0) is 0 Å². The minimum Gasteiger partial charge on any atom is -0.507 e. The van der Waals surface area contributed by atoms with Gasteiger partial charge in [0.25, 0.3) is 0 Å². The highest BCUT2D eigenvalue weighted by Crippen LogP contribution is 2.39. The zero-order valence-electron chi connectivity index (χ0n) is 19.8. The van der Waals surface area contributed by atoms with Crippen molar-refractivity contribution in [2.45, 2.75) is 12.8 Å². The highest BCUT2D eigenvalue weighted by atomic mass is 16.3. The van der Waals surface area contributed by atoms with E-state index in [1.807, 2.05) is 42.5 Å². The normalized spacial score (nSPS) is 12.0. The summed E-state index contributed by atoms with van der Waals surface area (Å²) in [6.07, 6.45) is 1.80. The fraction of sp³-hybridized carbons (Fsp3) is 0.0625. The summed E-state index contributed by atoms with van der Waals surface area (Å²) in [5.41, 5.74) is 8.33. The van der Waals surface area contributed by atoms with Gasteiger partial charge in [-0.3, -0.25) is 4.98 Å². The third-order valence-corrected chi connectivity index (χ3v) is 6.59. The molecule has 2 aromatic heterocycles. The first-order valence-corrected chi connectivity index (χ1v) is 12.0. The minimum absolute atomic E-state index is 0.139. The number of hydrogen-bond donors (Lipinski definition) is 1. The van der Waals surface area contributed by atoms with Crippen LogP contribution in [0.1, 0.15) is 24.0 Å². The number of rotatable bonds is 5. The summed E-state index contributed by atoms with van der Waals surface area (Å²) in [5.74, 6) is 0.697. The zero-order valence-corrected chi connectivity index (χ0v) is 19.8. The van der Waals surface area contributed by atoms with Crippen LogP contribution in [-0.4, -0.2) is 15.1 Å². The van der Waals surface area contributed by atoms with E-state index in [0.717, 1.165) is 33.5 Å². The summed E-state index contributed by atoms with van der Waals surface area (Å²) < 4.78 is 6.26. The Kier molecular flexibility index (Phi) is 5.55. The number of aromatic hydroxyl groups is 1. The van der Waals surface area contributed by atoms with Crippen molar-refractivity contribution in [3.63, 3.8) is 0 Å². The monoisotopic (exact) mass is 468 g/mol. The Bertz CT molecular complexity index is 1660. The van der Waals surface area contributed by atoms with Crippen LogP contribution >= 0.6 is 0 Å². The highest BCUT2D eigenvalue weighted by Gasteiger charge is 2.19. The lowest BCUT2D eigenvalue weighted by atomic mass is 9.90. The van der Waals surface area contributed by atoms with Gasteiger partial charge in [0.15, 0.2) is 5.58 Å². The van der Waals surface area contributed by atoms with Crippen LogP contribution in [0.4, 0.5) is 0 Å². The number of fused-ring (bicyclic) bond motifs is 1. The Balaban J connectivity index is 1.56. The second-order valence-corrected chi connectivity index (χ2v) is 8.88. The van der Waals surface area contributed by atoms with E-state index in [9.17, 15) is 5.11 Å². The molecule has 0 bridgehead atoms. The van der Waals surface area contributed by atoms with Crippen LogP contribution in [0.15, 0.2) is 120 Å². The van der Waals surface area contributed by atoms with Gasteiger partial charge in [0.1, 0.15) is 11.3 Å².